The van der Waals surface area contributed by atoms with Crippen molar-refractivity contribution in [1.82, 2.24) is 14.9 Å². The van der Waals surface area contributed by atoms with Crippen LogP contribution in [0, 0.1) is 5.92 Å². The maximum atomic E-state index is 11.6. The van der Waals surface area contributed by atoms with Crippen molar-refractivity contribution in [3.63, 3.8) is 0 Å². The summed E-state index contributed by atoms with van der Waals surface area (Å²) < 4.78 is 30.7. The molecule has 1 rings (SSSR count). The van der Waals surface area contributed by atoms with Crippen LogP contribution in [0.5, 0.6) is 0 Å². The second kappa shape index (κ2) is 6.24. The van der Waals surface area contributed by atoms with E-state index in [0.29, 0.717) is 19.1 Å². The number of anilines is 1. The molecule has 17 heavy (non-hydrogen) atoms. The lowest BCUT2D eigenvalue weighted by atomic mass is 10.2. The Morgan fingerprint density at radius 3 is 2.71 bits per heavy atom. The first kappa shape index (κ1) is 14.3. The number of sulfonamides is 1. The Bertz CT molecular complexity index is 443. The van der Waals surface area contributed by atoms with E-state index in [1.165, 1.54) is 0 Å². The van der Waals surface area contributed by atoms with Crippen LogP contribution in [0.15, 0.2) is 4.34 Å². The molecule has 0 fully saturated rings. The second-order valence-corrected chi connectivity index (χ2v) is 6.72. The molecule has 0 unspecified atom stereocenters. The van der Waals surface area contributed by atoms with Gasteiger partial charge in [0.25, 0.3) is 10.0 Å². The van der Waals surface area contributed by atoms with Crippen LogP contribution >= 0.6 is 11.3 Å². The van der Waals surface area contributed by atoms with Crippen LogP contribution in [-0.4, -0.2) is 38.4 Å². The van der Waals surface area contributed by atoms with Crippen molar-refractivity contribution in [1.29, 1.82) is 0 Å². The largest absolute Gasteiger partial charge is 0.380 e. The fourth-order valence-electron chi connectivity index (χ4n) is 0.958. The van der Waals surface area contributed by atoms with Gasteiger partial charge < -0.3 is 10.5 Å². The second-order valence-electron chi connectivity index (χ2n) is 3.77. The molecule has 9 heteroatoms. The number of hydrogen-bond acceptors (Lipinski definition) is 7. The van der Waals surface area contributed by atoms with Gasteiger partial charge in [0.15, 0.2) is 0 Å². The van der Waals surface area contributed by atoms with Crippen molar-refractivity contribution in [3.05, 3.63) is 0 Å². The van der Waals surface area contributed by atoms with Gasteiger partial charge in [-0.3, -0.25) is 0 Å². The molecular weight excluding hydrogens is 264 g/mol. The van der Waals surface area contributed by atoms with Crippen LogP contribution in [0.4, 0.5) is 5.13 Å². The summed E-state index contributed by atoms with van der Waals surface area (Å²) in [5, 5.41) is 7.04. The van der Waals surface area contributed by atoms with E-state index in [1.54, 1.807) is 0 Å². The lowest BCUT2D eigenvalue weighted by Crippen LogP contribution is -2.27. The minimum atomic E-state index is -3.61. The summed E-state index contributed by atoms with van der Waals surface area (Å²) in [6.07, 6.45) is 0. The Balaban J connectivity index is 2.36. The van der Waals surface area contributed by atoms with Gasteiger partial charge in [-0.1, -0.05) is 25.2 Å². The number of nitrogens with two attached hydrogens (primary N) is 1. The SMILES string of the molecule is CC(C)COCCNS(=O)(=O)c1nnc(N)s1. The van der Waals surface area contributed by atoms with Crippen LogP contribution < -0.4 is 10.5 Å². The average molecular weight is 280 g/mol. The van der Waals surface area contributed by atoms with Gasteiger partial charge >= 0.3 is 0 Å². The van der Waals surface area contributed by atoms with Crippen LogP contribution in [0.25, 0.3) is 0 Å². The first-order chi connectivity index (χ1) is 7.92. The molecule has 1 heterocycles. The molecule has 0 atom stereocenters. The van der Waals surface area contributed by atoms with Gasteiger partial charge in [0.2, 0.25) is 9.47 Å². The van der Waals surface area contributed by atoms with Gasteiger partial charge in [0.1, 0.15) is 0 Å². The highest BCUT2D eigenvalue weighted by molar-refractivity contribution is 7.91. The molecule has 1 aromatic rings. The van der Waals surface area contributed by atoms with Crippen molar-refractivity contribution in [2.24, 2.45) is 5.92 Å². The van der Waals surface area contributed by atoms with Crippen molar-refractivity contribution >= 4 is 26.5 Å². The fourth-order valence-corrected chi connectivity index (χ4v) is 2.80. The van der Waals surface area contributed by atoms with E-state index in [2.05, 4.69) is 14.9 Å². The molecule has 0 bridgehead atoms. The summed E-state index contributed by atoms with van der Waals surface area (Å²) in [7, 11) is -3.61. The van der Waals surface area contributed by atoms with E-state index < -0.39 is 10.0 Å². The summed E-state index contributed by atoms with van der Waals surface area (Å²) >= 11 is 0.828. The van der Waals surface area contributed by atoms with Gasteiger partial charge in [-0.05, 0) is 5.92 Å². The molecule has 0 saturated carbocycles. The van der Waals surface area contributed by atoms with Crippen molar-refractivity contribution < 1.29 is 13.2 Å². The molecular formula is C8H16N4O3S2. The quantitative estimate of drug-likeness (QED) is 0.684. The van der Waals surface area contributed by atoms with E-state index in [4.69, 9.17) is 10.5 Å². The highest BCUT2D eigenvalue weighted by Gasteiger charge is 2.18. The molecule has 0 aromatic carbocycles. The summed E-state index contributed by atoms with van der Waals surface area (Å²) in [6.45, 7) is 5.18. The van der Waals surface area contributed by atoms with Gasteiger partial charge in [0, 0.05) is 13.2 Å². The molecule has 0 radical (unpaired) electrons. The number of rotatable bonds is 7. The van der Waals surface area contributed by atoms with Gasteiger partial charge in [-0.2, -0.15) is 0 Å². The molecule has 0 aliphatic carbocycles. The predicted molar refractivity (Wildman–Crippen MR) is 65.2 cm³/mol. The van der Waals surface area contributed by atoms with Crippen LogP contribution in [0.3, 0.4) is 0 Å². The van der Waals surface area contributed by atoms with Crippen molar-refractivity contribution in [2.45, 2.75) is 18.2 Å². The molecule has 0 aliphatic heterocycles. The van der Waals surface area contributed by atoms with E-state index in [0.717, 1.165) is 11.3 Å². The fraction of sp³-hybridized carbons (Fsp3) is 0.750. The lowest BCUT2D eigenvalue weighted by molar-refractivity contribution is 0.114. The van der Waals surface area contributed by atoms with Gasteiger partial charge in [-0.25, -0.2) is 13.1 Å². The van der Waals surface area contributed by atoms with E-state index in [9.17, 15) is 8.42 Å². The first-order valence-corrected chi connectivity index (χ1v) is 7.38. The zero-order chi connectivity index (χ0) is 12.9. The third kappa shape index (κ3) is 4.94. The summed E-state index contributed by atoms with van der Waals surface area (Å²) in [4.78, 5) is 0. The maximum absolute atomic E-state index is 11.6. The molecule has 0 saturated heterocycles. The summed E-state index contributed by atoms with van der Waals surface area (Å²) in [6, 6.07) is 0. The zero-order valence-corrected chi connectivity index (χ0v) is 11.3. The summed E-state index contributed by atoms with van der Waals surface area (Å²) in [5.41, 5.74) is 5.31. The number of nitrogens with one attached hydrogen (secondary N) is 1. The van der Waals surface area contributed by atoms with E-state index in [1.807, 2.05) is 13.8 Å². The minimum Gasteiger partial charge on any atom is -0.380 e. The Labute approximate surface area is 104 Å². The highest BCUT2D eigenvalue weighted by Crippen LogP contribution is 2.15. The van der Waals surface area contributed by atoms with E-state index in [-0.39, 0.29) is 16.0 Å². The average Bonchev–Trinajstić information content (AvgIpc) is 2.64. The molecule has 0 amide bonds. The standard InChI is InChI=1S/C8H16N4O3S2/c1-6(2)5-15-4-3-10-17(13,14)8-12-11-7(9)16-8/h6,10H,3-5H2,1-2H3,(H2,9,11). The Kier molecular flexibility index (Phi) is 5.25. The summed E-state index contributed by atoms with van der Waals surface area (Å²) in [5.74, 6) is 0.426. The smallest absolute Gasteiger partial charge is 0.269 e. The number of nitrogens with zero attached hydrogens (tertiary/aromatic N) is 2. The minimum absolute atomic E-state index is 0.126. The topological polar surface area (TPSA) is 107 Å². The number of hydrogen-bond donors (Lipinski definition) is 2. The molecule has 7 nitrogen and oxygen atoms in total. The molecule has 0 aliphatic rings. The monoisotopic (exact) mass is 280 g/mol. The first-order valence-electron chi connectivity index (χ1n) is 5.08. The molecule has 3 N–H and O–H groups in total. The van der Waals surface area contributed by atoms with Gasteiger partial charge in [0.05, 0.1) is 6.61 Å². The Morgan fingerprint density at radius 1 is 1.47 bits per heavy atom. The highest BCUT2D eigenvalue weighted by atomic mass is 32.2. The number of ether oxygens (including phenoxy) is 1. The zero-order valence-electron chi connectivity index (χ0n) is 9.71. The van der Waals surface area contributed by atoms with E-state index >= 15 is 0 Å². The lowest BCUT2D eigenvalue weighted by Gasteiger charge is -2.07. The Hall–Kier alpha value is -0.770. The van der Waals surface area contributed by atoms with Crippen LogP contribution in [0.2, 0.25) is 0 Å². The molecule has 0 spiro atoms. The maximum Gasteiger partial charge on any atom is 0.269 e. The van der Waals surface area contributed by atoms with Crippen molar-refractivity contribution in [3.8, 4) is 0 Å². The normalized spacial score (nSPS) is 12.2. The van der Waals surface area contributed by atoms with Crippen LogP contribution in [-0.2, 0) is 14.8 Å². The number of aromatic nitrogens is 2. The molecule has 98 valence electrons. The third-order valence-corrected chi connectivity index (χ3v) is 4.22. The third-order valence-electron chi connectivity index (χ3n) is 1.64. The Morgan fingerprint density at radius 2 is 2.18 bits per heavy atom. The number of nitrogen functional groups attached to an aromatic ring is 1. The van der Waals surface area contributed by atoms with Crippen molar-refractivity contribution in [2.75, 3.05) is 25.5 Å². The van der Waals surface area contributed by atoms with Gasteiger partial charge in [-0.15, -0.1) is 10.2 Å². The molecule has 1 aromatic heterocycles. The predicted octanol–water partition coefficient (Wildman–Crippen LogP) is 0.0712. The van der Waals surface area contributed by atoms with Crippen LogP contribution in [0.1, 0.15) is 13.8 Å².